The molecule has 7 heteroatoms. The predicted molar refractivity (Wildman–Crippen MR) is 81.5 cm³/mol. The fourth-order valence-corrected chi connectivity index (χ4v) is 2.40. The molecular formula is C14H28N4O3. The van der Waals surface area contributed by atoms with E-state index in [1.807, 2.05) is 20.8 Å². The van der Waals surface area contributed by atoms with E-state index in [1.165, 1.54) is 0 Å². The highest BCUT2D eigenvalue weighted by Crippen LogP contribution is 2.15. The van der Waals surface area contributed by atoms with Crippen molar-refractivity contribution >= 4 is 11.9 Å². The first-order valence-electron chi connectivity index (χ1n) is 7.48. The number of hydrogen-bond donors (Lipinski definition) is 2. The van der Waals surface area contributed by atoms with Crippen molar-refractivity contribution in [1.29, 1.82) is 0 Å². The summed E-state index contributed by atoms with van der Waals surface area (Å²) in [5.41, 5.74) is 5.29. The first-order valence-corrected chi connectivity index (χ1v) is 7.48. The topological polar surface area (TPSA) is 91.4 Å². The SMILES string of the molecule is CCCC(C(N)=NO)N1CCN(C(=O)OC(C)(C)C)CC1. The van der Waals surface area contributed by atoms with Gasteiger partial charge in [-0.2, -0.15) is 0 Å². The summed E-state index contributed by atoms with van der Waals surface area (Å²) in [5, 5.41) is 12.0. The van der Waals surface area contributed by atoms with Crippen molar-refractivity contribution in [2.45, 2.75) is 52.2 Å². The molecular weight excluding hydrogens is 272 g/mol. The number of hydrogen-bond acceptors (Lipinski definition) is 5. The number of amides is 1. The largest absolute Gasteiger partial charge is 0.444 e. The van der Waals surface area contributed by atoms with Gasteiger partial charge in [0.15, 0.2) is 5.84 Å². The number of amidine groups is 1. The normalized spacial score (nSPS) is 19.4. The molecule has 0 spiro atoms. The molecule has 0 aliphatic carbocycles. The predicted octanol–water partition coefficient (Wildman–Crippen LogP) is 1.45. The molecule has 1 aliphatic heterocycles. The lowest BCUT2D eigenvalue weighted by Crippen LogP contribution is -2.55. The zero-order valence-electron chi connectivity index (χ0n) is 13.5. The summed E-state index contributed by atoms with van der Waals surface area (Å²) < 4.78 is 5.37. The molecule has 0 aromatic carbocycles. The fourth-order valence-electron chi connectivity index (χ4n) is 2.40. The molecule has 1 aliphatic rings. The van der Waals surface area contributed by atoms with Crippen molar-refractivity contribution in [3.63, 3.8) is 0 Å². The van der Waals surface area contributed by atoms with Crippen molar-refractivity contribution in [3.05, 3.63) is 0 Å². The number of piperazine rings is 1. The maximum atomic E-state index is 12.0. The summed E-state index contributed by atoms with van der Waals surface area (Å²) in [7, 11) is 0. The van der Waals surface area contributed by atoms with Crippen molar-refractivity contribution in [2.24, 2.45) is 10.9 Å². The summed E-state index contributed by atoms with van der Waals surface area (Å²) in [4.78, 5) is 15.9. The molecule has 0 aromatic heterocycles. The molecule has 1 saturated heterocycles. The summed E-state index contributed by atoms with van der Waals surface area (Å²) in [6, 6.07) is -0.0687. The van der Waals surface area contributed by atoms with Gasteiger partial charge >= 0.3 is 6.09 Å². The molecule has 1 heterocycles. The second kappa shape index (κ2) is 7.49. The van der Waals surface area contributed by atoms with Gasteiger partial charge in [0.05, 0.1) is 6.04 Å². The third kappa shape index (κ3) is 5.41. The second-order valence-corrected chi connectivity index (χ2v) is 6.33. The van der Waals surface area contributed by atoms with Crippen LogP contribution in [-0.4, -0.2) is 64.8 Å². The van der Waals surface area contributed by atoms with E-state index in [0.29, 0.717) is 26.2 Å². The second-order valence-electron chi connectivity index (χ2n) is 6.33. The van der Waals surface area contributed by atoms with Crippen molar-refractivity contribution < 1.29 is 14.7 Å². The lowest BCUT2D eigenvalue weighted by molar-refractivity contribution is 0.0125. The van der Waals surface area contributed by atoms with E-state index < -0.39 is 5.60 Å². The highest BCUT2D eigenvalue weighted by Gasteiger charge is 2.30. The molecule has 0 radical (unpaired) electrons. The van der Waals surface area contributed by atoms with Crippen LogP contribution in [0.15, 0.2) is 5.16 Å². The molecule has 0 bridgehead atoms. The zero-order chi connectivity index (χ0) is 16.0. The Kier molecular flexibility index (Phi) is 6.26. The standard InChI is InChI=1S/C14H28N4O3/c1-5-6-11(12(15)16-20)17-7-9-18(10-8-17)13(19)21-14(2,3)4/h11,20H,5-10H2,1-4H3,(H2,15,16). The molecule has 3 N–H and O–H groups in total. The third-order valence-electron chi connectivity index (χ3n) is 3.43. The minimum atomic E-state index is -0.479. The van der Waals surface area contributed by atoms with Crippen LogP contribution in [0.25, 0.3) is 0 Å². The van der Waals surface area contributed by atoms with E-state index in [4.69, 9.17) is 15.7 Å². The van der Waals surface area contributed by atoms with E-state index in [-0.39, 0.29) is 18.0 Å². The van der Waals surface area contributed by atoms with E-state index in [1.54, 1.807) is 4.90 Å². The van der Waals surface area contributed by atoms with E-state index in [0.717, 1.165) is 12.8 Å². The average Bonchev–Trinajstić information content (AvgIpc) is 2.42. The van der Waals surface area contributed by atoms with Gasteiger partial charge < -0.3 is 20.6 Å². The van der Waals surface area contributed by atoms with Crippen LogP contribution in [0.4, 0.5) is 4.79 Å². The zero-order valence-corrected chi connectivity index (χ0v) is 13.5. The Balaban J connectivity index is 2.56. The highest BCUT2D eigenvalue weighted by molar-refractivity contribution is 5.85. The van der Waals surface area contributed by atoms with Gasteiger partial charge in [-0.05, 0) is 27.2 Å². The number of oxime groups is 1. The molecule has 1 rings (SSSR count). The van der Waals surface area contributed by atoms with Crippen molar-refractivity contribution in [3.8, 4) is 0 Å². The van der Waals surface area contributed by atoms with Crippen LogP contribution in [0.2, 0.25) is 0 Å². The van der Waals surface area contributed by atoms with Crippen LogP contribution in [0.1, 0.15) is 40.5 Å². The lowest BCUT2D eigenvalue weighted by Gasteiger charge is -2.39. The molecule has 1 unspecified atom stereocenters. The van der Waals surface area contributed by atoms with Crippen LogP contribution in [-0.2, 0) is 4.74 Å². The number of nitrogens with two attached hydrogens (primary N) is 1. The first-order chi connectivity index (χ1) is 9.78. The van der Waals surface area contributed by atoms with Gasteiger partial charge in [0.2, 0.25) is 0 Å². The molecule has 122 valence electrons. The minimum Gasteiger partial charge on any atom is -0.444 e. The van der Waals surface area contributed by atoms with E-state index >= 15 is 0 Å². The quantitative estimate of drug-likeness (QED) is 0.355. The maximum Gasteiger partial charge on any atom is 0.410 e. The Morgan fingerprint density at radius 1 is 1.33 bits per heavy atom. The first kappa shape index (κ1) is 17.6. The van der Waals surface area contributed by atoms with Crippen molar-refractivity contribution in [2.75, 3.05) is 26.2 Å². The van der Waals surface area contributed by atoms with Crippen LogP contribution in [0, 0.1) is 0 Å². The Labute approximate surface area is 126 Å². The van der Waals surface area contributed by atoms with Gasteiger partial charge in [0.25, 0.3) is 0 Å². The van der Waals surface area contributed by atoms with Gasteiger partial charge in [0.1, 0.15) is 5.60 Å². The van der Waals surface area contributed by atoms with Gasteiger partial charge in [-0.1, -0.05) is 18.5 Å². The highest BCUT2D eigenvalue weighted by atomic mass is 16.6. The molecule has 0 saturated carbocycles. The van der Waals surface area contributed by atoms with Crippen LogP contribution in [0.5, 0.6) is 0 Å². The number of rotatable bonds is 4. The van der Waals surface area contributed by atoms with E-state index in [9.17, 15) is 4.79 Å². The van der Waals surface area contributed by atoms with Crippen LogP contribution >= 0.6 is 0 Å². The van der Waals surface area contributed by atoms with Gasteiger partial charge in [-0.3, -0.25) is 4.90 Å². The smallest absolute Gasteiger partial charge is 0.410 e. The third-order valence-corrected chi connectivity index (χ3v) is 3.43. The molecule has 0 aromatic rings. The number of carbonyl (C=O) groups is 1. The number of nitrogens with zero attached hydrogens (tertiary/aromatic N) is 3. The van der Waals surface area contributed by atoms with Gasteiger partial charge in [-0.15, -0.1) is 0 Å². The summed E-state index contributed by atoms with van der Waals surface area (Å²) in [6.07, 6.45) is 1.51. The van der Waals surface area contributed by atoms with Gasteiger partial charge in [-0.25, -0.2) is 4.79 Å². The summed E-state index contributed by atoms with van der Waals surface area (Å²) in [6.45, 7) is 10.2. The number of carbonyl (C=O) groups excluding carboxylic acids is 1. The van der Waals surface area contributed by atoms with E-state index in [2.05, 4.69) is 17.0 Å². The summed E-state index contributed by atoms with van der Waals surface area (Å²) >= 11 is 0. The molecule has 7 nitrogen and oxygen atoms in total. The van der Waals surface area contributed by atoms with Gasteiger partial charge in [0, 0.05) is 26.2 Å². The Bertz CT molecular complexity index is 371. The van der Waals surface area contributed by atoms with Crippen LogP contribution < -0.4 is 5.73 Å². The Hall–Kier alpha value is -1.50. The van der Waals surface area contributed by atoms with Crippen molar-refractivity contribution in [1.82, 2.24) is 9.80 Å². The van der Waals surface area contributed by atoms with Crippen LogP contribution in [0.3, 0.4) is 0 Å². The fraction of sp³-hybridized carbons (Fsp3) is 0.857. The lowest BCUT2D eigenvalue weighted by atomic mass is 10.1. The molecule has 1 fully saturated rings. The molecule has 21 heavy (non-hydrogen) atoms. The monoisotopic (exact) mass is 300 g/mol. The summed E-state index contributed by atoms with van der Waals surface area (Å²) in [5.74, 6) is 0.238. The Morgan fingerprint density at radius 2 is 1.90 bits per heavy atom. The Morgan fingerprint density at radius 3 is 2.33 bits per heavy atom. The number of ether oxygens (including phenoxy) is 1. The average molecular weight is 300 g/mol. The molecule has 1 amide bonds. The maximum absolute atomic E-state index is 12.0. The minimum absolute atomic E-state index is 0.0687. The molecule has 1 atom stereocenters.